The predicted octanol–water partition coefficient (Wildman–Crippen LogP) is 1.28. The molecule has 0 aliphatic heterocycles. The highest BCUT2D eigenvalue weighted by Gasteiger charge is 2.16. The molecule has 0 saturated carbocycles. The Morgan fingerprint density at radius 1 is 1.58 bits per heavy atom. The van der Waals surface area contributed by atoms with E-state index in [4.69, 9.17) is 15.7 Å². The SMILES string of the molecule is COCCN(CC(C)C)c1ncccc1C(N)=NO. The summed E-state index contributed by atoms with van der Waals surface area (Å²) in [6.45, 7) is 6.39. The maximum Gasteiger partial charge on any atom is 0.173 e. The van der Waals surface area contributed by atoms with Crippen molar-refractivity contribution in [2.45, 2.75) is 13.8 Å². The summed E-state index contributed by atoms with van der Waals surface area (Å²) in [6.07, 6.45) is 1.70. The number of nitrogens with zero attached hydrogens (tertiary/aromatic N) is 3. The van der Waals surface area contributed by atoms with E-state index in [2.05, 4.69) is 28.9 Å². The molecule has 0 aliphatic rings. The van der Waals surface area contributed by atoms with Crippen molar-refractivity contribution in [1.82, 2.24) is 4.98 Å². The molecule has 3 N–H and O–H groups in total. The van der Waals surface area contributed by atoms with Crippen LogP contribution in [0.2, 0.25) is 0 Å². The number of methoxy groups -OCH3 is 1. The van der Waals surface area contributed by atoms with Gasteiger partial charge in [0.2, 0.25) is 0 Å². The van der Waals surface area contributed by atoms with Crippen LogP contribution in [-0.4, -0.2) is 42.8 Å². The summed E-state index contributed by atoms with van der Waals surface area (Å²) < 4.78 is 5.12. The second-order valence-electron chi connectivity index (χ2n) is 4.69. The molecule has 1 aromatic heterocycles. The van der Waals surface area contributed by atoms with E-state index in [-0.39, 0.29) is 5.84 Å². The van der Waals surface area contributed by atoms with Crippen molar-refractivity contribution in [1.29, 1.82) is 0 Å². The van der Waals surface area contributed by atoms with Crippen molar-refractivity contribution < 1.29 is 9.94 Å². The first-order valence-electron chi connectivity index (χ1n) is 6.27. The zero-order valence-corrected chi connectivity index (χ0v) is 11.7. The molecular weight excluding hydrogens is 244 g/mol. The lowest BCUT2D eigenvalue weighted by atomic mass is 10.1. The molecule has 6 nitrogen and oxygen atoms in total. The maximum absolute atomic E-state index is 8.84. The van der Waals surface area contributed by atoms with Gasteiger partial charge in [-0.3, -0.25) is 0 Å². The molecule has 0 amide bonds. The van der Waals surface area contributed by atoms with Gasteiger partial charge in [0.05, 0.1) is 12.2 Å². The predicted molar refractivity (Wildman–Crippen MR) is 75.7 cm³/mol. The molecule has 0 saturated heterocycles. The van der Waals surface area contributed by atoms with E-state index >= 15 is 0 Å². The fourth-order valence-electron chi connectivity index (χ4n) is 1.83. The third-order valence-electron chi connectivity index (χ3n) is 2.62. The van der Waals surface area contributed by atoms with Crippen molar-refractivity contribution in [3.8, 4) is 0 Å². The van der Waals surface area contributed by atoms with Crippen LogP contribution in [0.25, 0.3) is 0 Å². The molecular formula is C13H22N4O2. The van der Waals surface area contributed by atoms with Crippen LogP contribution in [0.4, 0.5) is 5.82 Å². The third-order valence-corrected chi connectivity index (χ3v) is 2.62. The number of pyridine rings is 1. The van der Waals surface area contributed by atoms with Gasteiger partial charge in [-0.1, -0.05) is 19.0 Å². The fraction of sp³-hybridized carbons (Fsp3) is 0.538. The average molecular weight is 266 g/mol. The largest absolute Gasteiger partial charge is 0.409 e. The summed E-state index contributed by atoms with van der Waals surface area (Å²) >= 11 is 0. The highest BCUT2D eigenvalue weighted by molar-refractivity contribution is 6.01. The van der Waals surface area contributed by atoms with Gasteiger partial charge >= 0.3 is 0 Å². The van der Waals surface area contributed by atoms with Crippen LogP contribution in [0.1, 0.15) is 19.4 Å². The van der Waals surface area contributed by atoms with Gasteiger partial charge in [-0.05, 0) is 18.1 Å². The van der Waals surface area contributed by atoms with E-state index in [9.17, 15) is 0 Å². The molecule has 0 atom stereocenters. The third kappa shape index (κ3) is 4.40. The Hall–Kier alpha value is -1.82. The van der Waals surface area contributed by atoms with Gasteiger partial charge in [0, 0.05) is 26.4 Å². The molecule has 0 bridgehead atoms. The van der Waals surface area contributed by atoms with Crippen molar-refractivity contribution >= 4 is 11.7 Å². The standard InChI is InChI=1S/C13H22N4O2/c1-10(2)9-17(7-8-19-3)13-11(12(14)16-18)5-4-6-15-13/h4-6,10,18H,7-9H2,1-3H3,(H2,14,16). The van der Waals surface area contributed by atoms with E-state index in [0.29, 0.717) is 30.5 Å². The maximum atomic E-state index is 8.84. The summed E-state index contributed by atoms with van der Waals surface area (Å²) in [5.41, 5.74) is 6.32. The summed E-state index contributed by atoms with van der Waals surface area (Å²) in [5, 5.41) is 11.9. The molecule has 0 fully saturated rings. The molecule has 0 spiro atoms. The van der Waals surface area contributed by atoms with Crippen LogP contribution in [0, 0.1) is 5.92 Å². The molecule has 1 rings (SSSR count). The number of amidine groups is 1. The van der Waals surface area contributed by atoms with E-state index in [1.165, 1.54) is 0 Å². The van der Waals surface area contributed by atoms with Crippen LogP contribution in [0.5, 0.6) is 0 Å². The zero-order chi connectivity index (χ0) is 14.3. The van der Waals surface area contributed by atoms with E-state index < -0.39 is 0 Å². The number of hydrogen-bond acceptors (Lipinski definition) is 5. The lowest BCUT2D eigenvalue weighted by Crippen LogP contribution is -2.33. The minimum Gasteiger partial charge on any atom is -0.409 e. The van der Waals surface area contributed by atoms with Gasteiger partial charge < -0.3 is 20.6 Å². The van der Waals surface area contributed by atoms with Gasteiger partial charge in [-0.25, -0.2) is 4.98 Å². The molecule has 0 radical (unpaired) electrons. The van der Waals surface area contributed by atoms with Crippen molar-refractivity contribution in [3.05, 3.63) is 23.9 Å². The number of aromatic nitrogens is 1. The Bertz CT molecular complexity index is 421. The summed E-state index contributed by atoms with van der Waals surface area (Å²) in [5.74, 6) is 1.25. The smallest absolute Gasteiger partial charge is 0.173 e. The zero-order valence-electron chi connectivity index (χ0n) is 11.7. The number of rotatable bonds is 7. The molecule has 106 valence electrons. The van der Waals surface area contributed by atoms with Crippen molar-refractivity contribution in [3.63, 3.8) is 0 Å². The van der Waals surface area contributed by atoms with Gasteiger partial charge in [0.25, 0.3) is 0 Å². The molecule has 19 heavy (non-hydrogen) atoms. The van der Waals surface area contributed by atoms with Crippen LogP contribution in [-0.2, 0) is 4.74 Å². The number of anilines is 1. The average Bonchev–Trinajstić information content (AvgIpc) is 2.42. The Balaban J connectivity index is 3.06. The topological polar surface area (TPSA) is 84.0 Å². The molecule has 1 aromatic rings. The van der Waals surface area contributed by atoms with Crippen LogP contribution in [0.3, 0.4) is 0 Å². The number of hydrogen-bond donors (Lipinski definition) is 2. The van der Waals surface area contributed by atoms with Crippen LogP contribution in [0.15, 0.2) is 23.5 Å². The molecule has 0 aliphatic carbocycles. The van der Waals surface area contributed by atoms with Gasteiger partial charge in [0.15, 0.2) is 5.84 Å². The van der Waals surface area contributed by atoms with Gasteiger partial charge in [0.1, 0.15) is 5.82 Å². The summed E-state index contributed by atoms with van der Waals surface area (Å²) in [7, 11) is 1.66. The quantitative estimate of drug-likeness (QED) is 0.336. The minimum atomic E-state index is 0.0641. The molecule has 0 aromatic carbocycles. The van der Waals surface area contributed by atoms with E-state index in [1.54, 1.807) is 25.4 Å². The second kappa shape index (κ2) is 7.58. The first kappa shape index (κ1) is 15.2. The van der Waals surface area contributed by atoms with Crippen molar-refractivity contribution in [2.24, 2.45) is 16.8 Å². The Kier molecular flexibility index (Phi) is 6.08. The van der Waals surface area contributed by atoms with Crippen LogP contribution >= 0.6 is 0 Å². The monoisotopic (exact) mass is 266 g/mol. The number of nitrogens with two attached hydrogens (primary N) is 1. The molecule has 1 heterocycles. The van der Waals surface area contributed by atoms with Gasteiger partial charge in [-0.15, -0.1) is 0 Å². The highest BCUT2D eigenvalue weighted by atomic mass is 16.5. The Morgan fingerprint density at radius 3 is 2.89 bits per heavy atom. The fourth-order valence-corrected chi connectivity index (χ4v) is 1.83. The second-order valence-corrected chi connectivity index (χ2v) is 4.69. The number of ether oxygens (including phenoxy) is 1. The normalized spacial score (nSPS) is 11.9. The highest BCUT2D eigenvalue weighted by Crippen LogP contribution is 2.18. The Morgan fingerprint density at radius 2 is 2.32 bits per heavy atom. The molecule has 6 heteroatoms. The van der Waals surface area contributed by atoms with E-state index in [1.807, 2.05) is 0 Å². The summed E-state index contributed by atoms with van der Waals surface area (Å²) in [6, 6.07) is 3.55. The van der Waals surface area contributed by atoms with Gasteiger partial charge in [-0.2, -0.15) is 0 Å². The molecule has 0 unspecified atom stereocenters. The first-order valence-corrected chi connectivity index (χ1v) is 6.27. The Labute approximate surface area is 113 Å². The van der Waals surface area contributed by atoms with Crippen LogP contribution < -0.4 is 10.6 Å². The summed E-state index contributed by atoms with van der Waals surface area (Å²) in [4.78, 5) is 6.44. The lowest BCUT2D eigenvalue weighted by molar-refractivity contribution is 0.204. The minimum absolute atomic E-state index is 0.0641. The number of oxime groups is 1. The lowest BCUT2D eigenvalue weighted by Gasteiger charge is -2.27. The van der Waals surface area contributed by atoms with E-state index in [0.717, 1.165) is 6.54 Å². The first-order chi connectivity index (χ1) is 9.10. The van der Waals surface area contributed by atoms with Crippen molar-refractivity contribution in [2.75, 3.05) is 31.7 Å².